The lowest BCUT2D eigenvalue weighted by Gasteiger charge is -2.38. The summed E-state index contributed by atoms with van der Waals surface area (Å²) in [6, 6.07) is 22.9. The molecule has 1 aromatic heterocycles. The van der Waals surface area contributed by atoms with Crippen LogP contribution in [0, 0.1) is 17.2 Å². The summed E-state index contributed by atoms with van der Waals surface area (Å²) in [4.78, 5) is 0.250. The minimum Gasteiger partial charge on any atom is -0.395 e. The van der Waals surface area contributed by atoms with Gasteiger partial charge in [-0.25, -0.2) is 17.5 Å². The predicted octanol–water partition coefficient (Wildman–Crippen LogP) is 5.72. The Labute approximate surface area is 234 Å². The van der Waals surface area contributed by atoms with Crippen LogP contribution in [0.1, 0.15) is 31.0 Å². The average molecular weight is 558 g/mol. The highest BCUT2D eigenvalue weighted by Crippen LogP contribution is 2.53. The maximum absolute atomic E-state index is 14.1. The van der Waals surface area contributed by atoms with Gasteiger partial charge in [0.25, 0.3) is 0 Å². The van der Waals surface area contributed by atoms with Crippen molar-refractivity contribution in [2.75, 3.05) is 19.7 Å². The molecule has 3 aromatic carbocycles. The van der Waals surface area contributed by atoms with E-state index in [1.54, 1.807) is 24.3 Å². The van der Waals surface area contributed by atoms with Gasteiger partial charge >= 0.3 is 0 Å². The zero-order chi connectivity index (χ0) is 27.9. The molecule has 0 spiro atoms. The van der Waals surface area contributed by atoms with Crippen LogP contribution in [0.15, 0.2) is 95.5 Å². The maximum atomic E-state index is 14.1. The minimum absolute atomic E-state index is 0.0326. The number of aliphatic hydroxyl groups excluding tert-OH is 1. The van der Waals surface area contributed by atoms with Crippen LogP contribution >= 0.6 is 0 Å². The number of aliphatic hydroxyl groups is 1. The molecule has 0 aliphatic heterocycles. The Bertz CT molecular complexity index is 1670. The highest BCUT2D eigenvalue weighted by Gasteiger charge is 2.47. The minimum atomic E-state index is -3.88. The number of nitrogens with zero attached hydrogens (tertiary/aromatic N) is 3. The lowest BCUT2D eigenvalue weighted by atomic mass is 9.70. The summed E-state index contributed by atoms with van der Waals surface area (Å²) in [6.45, 7) is 2.32. The van der Waals surface area contributed by atoms with Gasteiger partial charge in [-0.3, -0.25) is 0 Å². The molecule has 40 heavy (non-hydrogen) atoms. The molecule has 2 aliphatic rings. The predicted molar refractivity (Wildman–Crippen MR) is 154 cm³/mol. The van der Waals surface area contributed by atoms with Crippen molar-refractivity contribution in [3.8, 4) is 16.8 Å². The number of sulfonamides is 1. The normalized spacial score (nSPS) is 20.3. The molecular formula is C32H32FN3O3S. The third kappa shape index (κ3) is 4.60. The average Bonchev–Trinajstić information content (AvgIpc) is 3.51. The Hall–Kier alpha value is -3.59. The van der Waals surface area contributed by atoms with Crippen LogP contribution in [-0.4, -0.2) is 47.3 Å². The fourth-order valence-electron chi connectivity index (χ4n) is 6.37. The van der Waals surface area contributed by atoms with Gasteiger partial charge in [0.2, 0.25) is 10.0 Å². The van der Waals surface area contributed by atoms with E-state index in [1.165, 1.54) is 22.0 Å². The Morgan fingerprint density at radius 3 is 2.52 bits per heavy atom. The standard InChI is InChI=1S/C32H32FN3O3S/c1-32-20-24-21-34-36(28-15-13-27(33)14-16-28)30(24)19-25(32)11-12-26(32)22-35(17-18-37)40(38,39)31-10-6-5-9-29(31)23-7-3-2-4-8-23/h2-10,13-16,19,21,26,37H,11-12,17-18,20,22H2,1H3/t26-,32+/m1/s1. The zero-order valence-electron chi connectivity index (χ0n) is 22.4. The van der Waals surface area contributed by atoms with Gasteiger partial charge in [0, 0.05) is 18.7 Å². The number of benzene rings is 3. The third-order valence-corrected chi connectivity index (χ3v) is 10.5. The molecular weight excluding hydrogens is 525 g/mol. The van der Waals surface area contributed by atoms with Gasteiger partial charge < -0.3 is 5.11 Å². The first-order valence-electron chi connectivity index (χ1n) is 13.6. The molecule has 6 rings (SSSR count). The van der Waals surface area contributed by atoms with Crippen molar-refractivity contribution in [2.24, 2.45) is 11.3 Å². The molecule has 0 amide bonds. The van der Waals surface area contributed by atoms with Gasteiger partial charge in [-0.1, -0.05) is 61.0 Å². The highest BCUT2D eigenvalue weighted by atomic mass is 32.2. The molecule has 8 heteroatoms. The molecule has 2 aliphatic carbocycles. The van der Waals surface area contributed by atoms with Crippen LogP contribution in [0.25, 0.3) is 22.9 Å². The van der Waals surface area contributed by atoms with Crippen molar-refractivity contribution in [2.45, 2.75) is 31.1 Å². The smallest absolute Gasteiger partial charge is 0.243 e. The number of hydrogen-bond acceptors (Lipinski definition) is 4. The molecule has 1 N–H and O–H groups in total. The first kappa shape index (κ1) is 26.6. The van der Waals surface area contributed by atoms with E-state index in [0.717, 1.165) is 41.8 Å². The number of hydrogen-bond donors (Lipinski definition) is 1. The molecule has 0 bridgehead atoms. The molecule has 0 unspecified atom stereocenters. The topological polar surface area (TPSA) is 75.4 Å². The van der Waals surface area contributed by atoms with Crippen LogP contribution in [0.4, 0.5) is 4.39 Å². The molecule has 2 atom stereocenters. The van der Waals surface area contributed by atoms with Gasteiger partial charge in [0.15, 0.2) is 0 Å². The van der Waals surface area contributed by atoms with Gasteiger partial charge in [0.05, 0.1) is 29.1 Å². The van der Waals surface area contributed by atoms with Crippen molar-refractivity contribution in [1.82, 2.24) is 14.1 Å². The van der Waals surface area contributed by atoms with Crippen LogP contribution in [0.2, 0.25) is 0 Å². The number of aromatic nitrogens is 2. The summed E-state index contributed by atoms with van der Waals surface area (Å²) in [7, 11) is -3.88. The van der Waals surface area contributed by atoms with Crippen LogP contribution < -0.4 is 0 Å². The van der Waals surface area contributed by atoms with E-state index >= 15 is 0 Å². The summed E-state index contributed by atoms with van der Waals surface area (Å²) < 4.78 is 45.0. The molecule has 6 nitrogen and oxygen atoms in total. The van der Waals surface area contributed by atoms with E-state index in [-0.39, 0.29) is 35.2 Å². The summed E-state index contributed by atoms with van der Waals surface area (Å²) in [5.41, 5.74) is 5.42. The molecule has 1 saturated carbocycles. The number of fused-ring (bicyclic) bond motifs is 2. The summed E-state index contributed by atoms with van der Waals surface area (Å²) >= 11 is 0. The SMILES string of the molecule is C[C@]12Cc3cnn(-c4ccc(F)cc4)c3C=C1CC[C@@H]2CN(CCO)S(=O)(=O)c1ccccc1-c1ccccc1. The lowest BCUT2D eigenvalue weighted by molar-refractivity contribution is 0.194. The summed E-state index contributed by atoms with van der Waals surface area (Å²) in [6.07, 6.45) is 6.51. The fraction of sp³-hybridized carbons (Fsp3) is 0.281. The highest BCUT2D eigenvalue weighted by molar-refractivity contribution is 7.89. The van der Waals surface area contributed by atoms with E-state index < -0.39 is 10.0 Å². The van der Waals surface area contributed by atoms with E-state index in [4.69, 9.17) is 0 Å². The van der Waals surface area contributed by atoms with E-state index in [1.807, 2.05) is 53.3 Å². The second-order valence-corrected chi connectivity index (χ2v) is 12.8. The van der Waals surface area contributed by atoms with Gasteiger partial charge in [-0.2, -0.15) is 9.40 Å². The van der Waals surface area contributed by atoms with Crippen molar-refractivity contribution in [3.05, 3.63) is 108 Å². The van der Waals surface area contributed by atoms with Crippen molar-refractivity contribution >= 4 is 16.1 Å². The van der Waals surface area contributed by atoms with Gasteiger partial charge in [-0.05, 0) is 78.1 Å². The molecule has 0 saturated heterocycles. The molecule has 1 heterocycles. The Morgan fingerprint density at radius 1 is 1.05 bits per heavy atom. The summed E-state index contributed by atoms with van der Waals surface area (Å²) in [5.74, 6) is -0.214. The Morgan fingerprint density at radius 2 is 1.77 bits per heavy atom. The Kier molecular flexibility index (Phi) is 6.94. The number of halogens is 1. The quantitative estimate of drug-likeness (QED) is 0.301. The Balaban J connectivity index is 1.31. The van der Waals surface area contributed by atoms with E-state index in [0.29, 0.717) is 12.1 Å². The zero-order valence-corrected chi connectivity index (χ0v) is 23.2. The van der Waals surface area contributed by atoms with Crippen molar-refractivity contribution in [3.63, 3.8) is 0 Å². The number of rotatable bonds is 8. The molecule has 4 aromatic rings. The van der Waals surface area contributed by atoms with Gasteiger partial charge in [-0.15, -0.1) is 0 Å². The monoisotopic (exact) mass is 557 g/mol. The second-order valence-electron chi connectivity index (χ2n) is 10.9. The van der Waals surface area contributed by atoms with E-state index in [9.17, 15) is 17.9 Å². The third-order valence-electron chi connectivity index (χ3n) is 8.59. The second kappa shape index (κ2) is 10.4. The summed E-state index contributed by atoms with van der Waals surface area (Å²) in [5, 5.41) is 14.5. The lowest BCUT2D eigenvalue weighted by Crippen LogP contribution is -2.42. The molecule has 0 radical (unpaired) electrons. The molecule has 206 valence electrons. The maximum Gasteiger partial charge on any atom is 0.243 e. The molecule has 1 fully saturated rings. The van der Waals surface area contributed by atoms with Crippen molar-refractivity contribution in [1.29, 1.82) is 0 Å². The first-order chi connectivity index (χ1) is 19.3. The first-order valence-corrected chi connectivity index (χ1v) is 15.0. The number of allylic oxidation sites excluding steroid dienone is 1. The van der Waals surface area contributed by atoms with Crippen molar-refractivity contribution < 1.29 is 17.9 Å². The van der Waals surface area contributed by atoms with Crippen LogP contribution in [0.5, 0.6) is 0 Å². The van der Waals surface area contributed by atoms with E-state index in [2.05, 4.69) is 18.1 Å². The largest absolute Gasteiger partial charge is 0.395 e. The fourth-order valence-corrected chi connectivity index (χ4v) is 8.06. The van der Waals surface area contributed by atoms with Crippen LogP contribution in [0.3, 0.4) is 0 Å². The van der Waals surface area contributed by atoms with Gasteiger partial charge in [0.1, 0.15) is 5.82 Å². The van der Waals surface area contributed by atoms with Crippen LogP contribution in [-0.2, 0) is 16.4 Å².